The molecule has 1 aliphatic carbocycles. The molecule has 0 unspecified atom stereocenters. The van der Waals surface area contributed by atoms with Crippen LogP contribution in [0, 0.1) is 13.8 Å². The normalized spacial score (nSPS) is 15.7. The fraction of sp³-hybridized carbons (Fsp3) is 0.355. The molecule has 2 aliphatic rings. The van der Waals surface area contributed by atoms with E-state index in [0.29, 0.717) is 47.8 Å². The van der Waals surface area contributed by atoms with E-state index in [0.717, 1.165) is 55.1 Å². The Morgan fingerprint density at radius 3 is 2.45 bits per heavy atom. The molecule has 6 rings (SSSR count). The van der Waals surface area contributed by atoms with E-state index in [1.54, 1.807) is 16.8 Å². The summed E-state index contributed by atoms with van der Waals surface area (Å²) in [5, 5.41) is 14.1. The number of aryl methyl sites for hydroxylation is 2. The number of anilines is 5. The van der Waals surface area contributed by atoms with Gasteiger partial charge in [0.1, 0.15) is 18.0 Å². The van der Waals surface area contributed by atoms with Gasteiger partial charge in [0.25, 0.3) is 5.91 Å². The van der Waals surface area contributed by atoms with Gasteiger partial charge in [-0.2, -0.15) is 23.0 Å². The fourth-order valence-electron chi connectivity index (χ4n) is 5.07. The molecule has 3 heterocycles. The third kappa shape index (κ3) is 6.77. The summed E-state index contributed by atoms with van der Waals surface area (Å²) < 4.78 is 43.2. The molecule has 13 heteroatoms. The van der Waals surface area contributed by atoms with E-state index < -0.39 is 17.6 Å². The first-order chi connectivity index (χ1) is 21.0. The van der Waals surface area contributed by atoms with Crippen LogP contribution < -0.4 is 20.9 Å². The Hall–Kier alpha value is -4.65. The lowest BCUT2D eigenvalue weighted by molar-refractivity contribution is -0.137. The van der Waals surface area contributed by atoms with Gasteiger partial charge in [0.05, 0.1) is 11.3 Å². The fourth-order valence-corrected chi connectivity index (χ4v) is 5.07. The van der Waals surface area contributed by atoms with Gasteiger partial charge in [0, 0.05) is 67.0 Å². The van der Waals surface area contributed by atoms with E-state index in [2.05, 4.69) is 35.9 Å². The van der Waals surface area contributed by atoms with E-state index in [4.69, 9.17) is 0 Å². The van der Waals surface area contributed by atoms with Crippen molar-refractivity contribution in [3.05, 3.63) is 77.2 Å². The standard InChI is InChI=1S/C31H34F3N9O/c1-19-4-5-24(38-30(44)21-13-22(31(32,33)34)15-25(14-21)42-10-8-41(3)9-11-42)16-26(19)39-29-12-20(2)40-43(29)28-17-27(35-18-36-28)37-23-6-7-23/h4-5,12-18,23,39H,6-11H2,1-3H3,(H,38,44)(H,35,36,37). The van der Waals surface area contributed by atoms with Crippen molar-refractivity contribution in [2.45, 2.75) is 38.9 Å². The monoisotopic (exact) mass is 605 g/mol. The van der Waals surface area contributed by atoms with Crippen LogP contribution in [-0.4, -0.2) is 69.8 Å². The maximum Gasteiger partial charge on any atom is 0.416 e. The van der Waals surface area contributed by atoms with Crippen LogP contribution in [-0.2, 0) is 6.18 Å². The van der Waals surface area contributed by atoms with Gasteiger partial charge in [0.15, 0.2) is 5.82 Å². The molecule has 0 atom stereocenters. The highest BCUT2D eigenvalue weighted by atomic mass is 19.4. The number of alkyl halides is 3. The average molecular weight is 606 g/mol. The summed E-state index contributed by atoms with van der Waals surface area (Å²) in [7, 11) is 1.97. The number of carbonyl (C=O) groups excluding carboxylic acids is 1. The van der Waals surface area contributed by atoms with Crippen molar-refractivity contribution >= 4 is 34.6 Å². The molecule has 1 amide bonds. The van der Waals surface area contributed by atoms with Crippen LogP contribution in [0.4, 0.5) is 41.9 Å². The minimum absolute atomic E-state index is 0.0584. The molecule has 3 N–H and O–H groups in total. The second kappa shape index (κ2) is 11.8. The number of amides is 1. The lowest BCUT2D eigenvalue weighted by Crippen LogP contribution is -2.44. The molecule has 2 aromatic carbocycles. The summed E-state index contributed by atoms with van der Waals surface area (Å²) in [6.07, 6.45) is -0.863. The number of halogens is 3. The Bertz CT molecular complexity index is 1670. The zero-order chi connectivity index (χ0) is 31.0. The predicted octanol–water partition coefficient (Wildman–Crippen LogP) is 5.62. The van der Waals surface area contributed by atoms with Crippen LogP contribution in [0.15, 0.2) is 54.9 Å². The van der Waals surface area contributed by atoms with E-state index in [9.17, 15) is 18.0 Å². The molecule has 4 aromatic rings. The summed E-state index contributed by atoms with van der Waals surface area (Å²) in [4.78, 5) is 26.0. The van der Waals surface area contributed by atoms with Gasteiger partial charge < -0.3 is 25.8 Å². The van der Waals surface area contributed by atoms with Crippen LogP contribution in [0.3, 0.4) is 0 Å². The minimum Gasteiger partial charge on any atom is -0.369 e. The SMILES string of the molecule is Cc1cc(Nc2cc(NC(=O)c3cc(N4CCN(C)CC4)cc(C(F)(F)F)c3)ccc2C)n(-c2cc(NC3CC3)ncn2)n1. The van der Waals surface area contributed by atoms with Crippen LogP contribution >= 0.6 is 0 Å². The summed E-state index contributed by atoms with van der Waals surface area (Å²) >= 11 is 0. The first-order valence-corrected chi connectivity index (χ1v) is 14.5. The zero-order valence-electron chi connectivity index (χ0n) is 24.7. The quantitative estimate of drug-likeness (QED) is 0.238. The molecular formula is C31H34F3N9O. The predicted molar refractivity (Wildman–Crippen MR) is 164 cm³/mol. The van der Waals surface area contributed by atoms with Crippen LogP contribution in [0.5, 0.6) is 0 Å². The van der Waals surface area contributed by atoms with E-state index in [1.165, 1.54) is 12.4 Å². The smallest absolute Gasteiger partial charge is 0.369 e. The highest BCUT2D eigenvalue weighted by Gasteiger charge is 2.33. The second-order valence-corrected chi connectivity index (χ2v) is 11.4. The number of piperazine rings is 1. The molecule has 1 saturated heterocycles. The van der Waals surface area contributed by atoms with Crippen molar-refractivity contribution in [3.8, 4) is 5.82 Å². The van der Waals surface area contributed by atoms with Crippen molar-refractivity contribution in [2.24, 2.45) is 0 Å². The first kappa shape index (κ1) is 29.4. The van der Waals surface area contributed by atoms with Crippen LogP contribution in [0.25, 0.3) is 5.82 Å². The van der Waals surface area contributed by atoms with Crippen molar-refractivity contribution in [3.63, 3.8) is 0 Å². The van der Waals surface area contributed by atoms with Crippen molar-refractivity contribution < 1.29 is 18.0 Å². The molecular weight excluding hydrogens is 571 g/mol. The van der Waals surface area contributed by atoms with Gasteiger partial charge in [-0.15, -0.1) is 0 Å². The van der Waals surface area contributed by atoms with Crippen molar-refractivity contribution in [1.82, 2.24) is 24.6 Å². The molecule has 0 radical (unpaired) electrons. The van der Waals surface area contributed by atoms with Crippen molar-refractivity contribution in [2.75, 3.05) is 54.1 Å². The average Bonchev–Trinajstić information content (AvgIpc) is 3.73. The molecule has 0 bridgehead atoms. The first-order valence-electron chi connectivity index (χ1n) is 14.5. The van der Waals surface area contributed by atoms with Gasteiger partial charge in [-0.3, -0.25) is 4.79 Å². The lowest BCUT2D eigenvalue weighted by Gasteiger charge is -2.34. The number of rotatable bonds is 8. The van der Waals surface area contributed by atoms with Crippen LogP contribution in [0.2, 0.25) is 0 Å². The number of carbonyl (C=O) groups is 1. The largest absolute Gasteiger partial charge is 0.416 e. The third-order valence-corrected chi connectivity index (χ3v) is 7.76. The Morgan fingerprint density at radius 1 is 0.955 bits per heavy atom. The van der Waals surface area contributed by atoms with E-state index in [1.807, 2.05) is 44.0 Å². The third-order valence-electron chi connectivity index (χ3n) is 7.76. The zero-order valence-corrected chi connectivity index (χ0v) is 24.7. The minimum atomic E-state index is -4.59. The Kier molecular flexibility index (Phi) is 7.89. The Morgan fingerprint density at radius 2 is 1.73 bits per heavy atom. The molecule has 2 aromatic heterocycles. The molecule has 10 nitrogen and oxygen atoms in total. The summed E-state index contributed by atoms with van der Waals surface area (Å²) in [5.74, 6) is 1.34. The molecule has 0 spiro atoms. The Labute approximate surface area is 253 Å². The maximum atomic E-state index is 13.8. The maximum absolute atomic E-state index is 13.8. The molecule has 2 fully saturated rings. The highest BCUT2D eigenvalue weighted by Crippen LogP contribution is 2.34. The number of aromatic nitrogens is 4. The molecule has 44 heavy (non-hydrogen) atoms. The van der Waals surface area contributed by atoms with E-state index in [-0.39, 0.29) is 5.56 Å². The van der Waals surface area contributed by atoms with Gasteiger partial charge in [-0.1, -0.05) is 6.07 Å². The number of hydrogen-bond acceptors (Lipinski definition) is 8. The van der Waals surface area contributed by atoms with Gasteiger partial charge >= 0.3 is 6.18 Å². The number of likely N-dealkylation sites (N-methyl/N-ethyl adjacent to an activating group) is 1. The van der Waals surface area contributed by atoms with Crippen LogP contribution in [0.1, 0.15) is 40.0 Å². The number of benzene rings is 2. The molecule has 1 saturated carbocycles. The van der Waals surface area contributed by atoms with E-state index >= 15 is 0 Å². The number of nitrogens with one attached hydrogen (secondary N) is 3. The summed E-state index contributed by atoms with van der Waals surface area (Å²) in [6, 6.07) is 13.0. The molecule has 1 aliphatic heterocycles. The van der Waals surface area contributed by atoms with Gasteiger partial charge in [-0.25, -0.2) is 9.97 Å². The lowest BCUT2D eigenvalue weighted by atomic mass is 10.1. The summed E-state index contributed by atoms with van der Waals surface area (Å²) in [6.45, 7) is 6.40. The number of nitrogens with zero attached hydrogens (tertiary/aromatic N) is 6. The van der Waals surface area contributed by atoms with Crippen molar-refractivity contribution in [1.29, 1.82) is 0 Å². The highest BCUT2D eigenvalue weighted by molar-refractivity contribution is 6.05. The topological polar surface area (TPSA) is 103 Å². The number of hydrogen-bond donors (Lipinski definition) is 3. The van der Waals surface area contributed by atoms with Gasteiger partial charge in [0.2, 0.25) is 0 Å². The second-order valence-electron chi connectivity index (χ2n) is 11.4. The van der Waals surface area contributed by atoms with Gasteiger partial charge in [-0.05, 0) is 69.6 Å². The Balaban J connectivity index is 1.24. The summed E-state index contributed by atoms with van der Waals surface area (Å²) in [5.41, 5.74) is 2.26. The molecule has 230 valence electrons.